The number of methoxy groups -OCH3 is 1. The molecule has 0 saturated carbocycles. The van der Waals surface area contributed by atoms with Gasteiger partial charge in [0, 0.05) is 30.5 Å². The molecule has 9 nitrogen and oxygen atoms in total. The first-order valence-corrected chi connectivity index (χ1v) is 9.12. The first kappa shape index (κ1) is 20.3. The minimum Gasteiger partial charge on any atom is -0.468 e. The van der Waals surface area contributed by atoms with E-state index in [4.69, 9.17) is 4.74 Å². The Morgan fingerprint density at radius 3 is 2.52 bits per heavy atom. The molecule has 1 fully saturated rings. The van der Waals surface area contributed by atoms with Gasteiger partial charge in [-0.1, -0.05) is 0 Å². The number of rotatable bonds is 6. The van der Waals surface area contributed by atoms with Crippen molar-refractivity contribution in [3.8, 4) is 0 Å². The van der Waals surface area contributed by atoms with Gasteiger partial charge in [-0.25, -0.2) is 4.98 Å². The van der Waals surface area contributed by atoms with Crippen LogP contribution in [0.3, 0.4) is 0 Å². The maximum atomic E-state index is 12.8. The minimum atomic E-state index is -0.533. The monoisotopic (exact) mass is 398 g/mol. The molecule has 0 spiro atoms. The standard InChI is InChI=1S/C20H22N4O5/c1-28-17(25)13-22-19(26)14-4-6-15(7-5-14)23-20(27)16-3-2-8-21-18(16)24-9-11-29-12-10-24/h2-8H,9-13H2,1H3,(H,22,26)(H,23,27). The van der Waals surface area contributed by atoms with Crippen molar-refractivity contribution in [1.82, 2.24) is 10.3 Å². The second-order valence-corrected chi connectivity index (χ2v) is 6.26. The normalized spacial score (nSPS) is 13.5. The number of carbonyl (C=O) groups is 3. The van der Waals surface area contributed by atoms with Gasteiger partial charge in [0.15, 0.2) is 0 Å². The van der Waals surface area contributed by atoms with Crippen LogP contribution in [0.1, 0.15) is 20.7 Å². The van der Waals surface area contributed by atoms with Crippen molar-refractivity contribution in [1.29, 1.82) is 0 Å². The van der Waals surface area contributed by atoms with Crippen molar-refractivity contribution in [3.63, 3.8) is 0 Å². The number of hydrogen-bond donors (Lipinski definition) is 2. The summed E-state index contributed by atoms with van der Waals surface area (Å²) < 4.78 is 9.83. The molecule has 0 unspecified atom stereocenters. The van der Waals surface area contributed by atoms with Crippen molar-refractivity contribution in [3.05, 3.63) is 53.7 Å². The van der Waals surface area contributed by atoms with Gasteiger partial charge in [-0.15, -0.1) is 0 Å². The van der Waals surface area contributed by atoms with Crippen molar-refractivity contribution in [2.75, 3.05) is 50.2 Å². The van der Waals surface area contributed by atoms with Crippen LogP contribution in [0.4, 0.5) is 11.5 Å². The number of nitrogens with zero attached hydrogens (tertiary/aromatic N) is 2. The molecule has 1 aromatic carbocycles. The van der Waals surface area contributed by atoms with E-state index in [1.165, 1.54) is 7.11 Å². The minimum absolute atomic E-state index is 0.209. The summed E-state index contributed by atoms with van der Waals surface area (Å²) >= 11 is 0. The summed E-state index contributed by atoms with van der Waals surface area (Å²) in [6.45, 7) is 2.33. The molecule has 1 aliphatic rings. The van der Waals surface area contributed by atoms with E-state index in [2.05, 4.69) is 20.4 Å². The first-order chi connectivity index (χ1) is 14.1. The third-order valence-electron chi connectivity index (χ3n) is 4.37. The predicted octanol–water partition coefficient (Wildman–Crippen LogP) is 1.07. The predicted molar refractivity (Wildman–Crippen MR) is 106 cm³/mol. The van der Waals surface area contributed by atoms with Gasteiger partial charge in [0.1, 0.15) is 12.4 Å². The Bertz CT molecular complexity index is 879. The summed E-state index contributed by atoms with van der Waals surface area (Å²) in [5, 5.41) is 5.28. The van der Waals surface area contributed by atoms with Crippen molar-refractivity contribution in [2.45, 2.75) is 0 Å². The maximum Gasteiger partial charge on any atom is 0.325 e. The second-order valence-electron chi connectivity index (χ2n) is 6.26. The summed E-state index contributed by atoms with van der Waals surface area (Å²) in [7, 11) is 1.25. The second kappa shape index (κ2) is 9.65. The summed E-state index contributed by atoms with van der Waals surface area (Å²) in [4.78, 5) is 42.3. The van der Waals surface area contributed by atoms with Gasteiger partial charge in [0.25, 0.3) is 11.8 Å². The zero-order valence-corrected chi connectivity index (χ0v) is 16.0. The van der Waals surface area contributed by atoms with Crippen molar-refractivity contribution < 1.29 is 23.9 Å². The van der Waals surface area contributed by atoms with E-state index in [-0.39, 0.29) is 12.5 Å². The highest BCUT2D eigenvalue weighted by molar-refractivity contribution is 6.07. The first-order valence-electron chi connectivity index (χ1n) is 9.12. The number of benzene rings is 1. The number of esters is 1. The zero-order valence-electron chi connectivity index (χ0n) is 16.0. The van der Waals surface area contributed by atoms with E-state index in [0.717, 1.165) is 0 Å². The molecular weight excluding hydrogens is 376 g/mol. The van der Waals surface area contributed by atoms with E-state index in [1.807, 2.05) is 4.90 Å². The topological polar surface area (TPSA) is 110 Å². The number of morpholine rings is 1. The van der Waals surface area contributed by atoms with Crippen molar-refractivity contribution >= 4 is 29.3 Å². The number of pyridine rings is 1. The van der Waals surface area contributed by atoms with Crippen LogP contribution in [0.15, 0.2) is 42.6 Å². The fourth-order valence-corrected chi connectivity index (χ4v) is 2.83. The van der Waals surface area contributed by atoms with Crippen LogP contribution in [0, 0.1) is 0 Å². The Morgan fingerprint density at radius 1 is 1.10 bits per heavy atom. The van der Waals surface area contributed by atoms with Gasteiger partial charge in [-0.05, 0) is 36.4 Å². The third-order valence-corrected chi connectivity index (χ3v) is 4.37. The van der Waals surface area contributed by atoms with Crippen LogP contribution < -0.4 is 15.5 Å². The molecule has 0 bridgehead atoms. The van der Waals surface area contributed by atoms with Crippen LogP contribution in [0.25, 0.3) is 0 Å². The molecule has 9 heteroatoms. The molecule has 2 heterocycles. The number of anilines is 2. The van der Waals surface area contributed by atoms with Gasteiger partial charge in [0.2, 0.25) is 0 Å². The van der Waals surface area contributed by atoms with Crippen LogP contribution in [0.2, 0.25) is 0 Å². The lowest BCUT2D eigenvalue weighted by atomic mass is 10.1. The number of carbonyl (C=O) groups excluding carboxylic acids is 3. The summed E-state index contributed by atoms with van der Waals surface area (Å²) in [5.41, 5.74) is 1.37. The average Bonchev–Trinajstić information content (AvgIpc) is 2.78. The lowest BCUT2D eigenvalue weighted by Crippen LogP contribution is -2.38. The zero-order chi connectivity index (χ0) is 20.6. The molecule has 29 heavy (non-hydrogen) atoms. The molecule has 2 aromatic rings. The number of amides is 2. The molecule has 2 amide bonds. The lowest BCUT2D eigenvalue weighted by Gasteiger charge is -2.29. The summed E-state index contributed by atoms with van der Waals surface area (Å²) in [5.74, 6) is -0.612. The molecule has 1 aromatic heterocycles. The van der Waals surface area contributed by atoms with Crippen LogP contribution in [-0.4, -0.2) is 62.7 Å². The molecule has 1 saturated heterocycles. The molecule has 0 radical (unpaired) electrons. The molecule has 0 atom stereocenters. The van der Waals surface area contributed by atoms with E-state index in [1.54, 1.807) is 42.6 Å². The highest BCUT2D eigenvalue weighted by atomic mass is 16.5. The molecule has 1 aliphatic heterocycles. The highest BCUT2D eigenvalue weighted by Crippen LogP contribution is 2.20. The van der Waals surface area contributed by atoms with Crippen molar-refractivity contribution in [2.24, 2.45) is 0 Å². The van der Waals surface area contributed by atoms with E-state index in [9.17, 15) is 14.4 Å². The molecule has 152 valence electrons. The van der Waals surface area contributed by atoms with E-state index >= 15 is 0 Å². The molecule has 2 N–H and O–H groups in total. The van der Waals surface area contributed by atoms with Gasteiger partial charge in [-0.2, -0.15) is 0 Å². The Morgan fingerprint density at radius 2 is 1.83 bits per heavy atom. The smallest absolute Gasteiger partial charge is 0.325 e. The largest absolute Gasteiger partial charge is 0.468 e. The van der Waals surface area contributed by atoms with E-state index < -0.39 is 11.9 Å². The summed E-state index contributed by atoms with van der Waals surface area (Å²) in [6.07, 6.45) is 1.66. The fraction of sp³-hybridized carbons (Fsp3) is 0.300. The molecular formula is C20H22N4O5. The fourth-order valence-electron chi connectivity index (χ4n) is 2.83. The number of ether oxygens (including phenoxy) is 2. The van der Waals surface area contributed by atoms with Gasteiger partial charge in [0.05, 0.1) is 25.9 Å². The van der Waals surface area contributed by atoms with Crippen LogP contribution in [-0.2, 0) is 14.3 Å². The summed E-state index contributed by atoms with van der Waals surface area (Å²) in [6, 6.07) is 9.81. The van der Waals surface area contributed by atoms with Crippen LogP contribution >= 0.6 is 0 Å². The SMILES string of the molecule is COC(=O)CNC(=O)c1ccc(NC(=O)c2cccnc2N2CCOCC2)cc1. The number of nitrogens with one attached hydrogen (secondary N) is 2. The molecule has 3 rings (SSSR count). The Hall–Kier alpha value is -3.46. The molecule has 0 aliphatic carbocycles. The lowest BCUT2D eigenvalue weighted by molar-refractivity contribution is -0.139. The number of aromatic nitrogens is 1. The maximum absolute atomic E-state index is 12.8. The Kier molecular flexibility index (Phi) is 6.75. The van der Waals surface area contributed by atoms with Gasteiger partial charge < -0.3 is 25.0 Å². The third kappa shape index (κ3) is 5.29. The van der Waals surface area contributed by atoms with Gasteiger partial charge in [-0.3, -0.25) is 14.4 Å². The Balaban J connectivity index is 1.65. The quantitative estimate of drug-likeness (QED) is 0.701. The van der Waals surface area contributed by atoms with E-state index in [0.29, 0.717) is 48.9 Å². The van der Waals surface area contributed by atoms with Crippen LogP contribution in [0.5, 0.6) is 0 Å². The number of hydrogen-bond acceptors (Lipinski definition) is 7. The Labute approximate surface area is 168 Å². The average molecular weight is 398 g/mol. The highest BCUT2D eigenvalue weighted by Gasteiger charge is 2.20. The van der Waals surface area contributed by atoms with Gasteiger partial charge >= 0.3 is 5.97 Å².